The molecule has 0 radical (unpaired) electrons. The van der Waals surface area contributed by atoms with E-state index >= 15 is 0 Å². The zero-order valence-electron chi connectivity index (χ0n) is 15.0. The van der Waals surface area contributed by atoms with Crippen LogP contribution in [0.2, 0.25) is 25.7 Å². The molecular formula is C19H27NO3Si. The van der Waals surface area contributed by atoms with Crippen molar-refractivity contribution in [3.05, 3.63) is 48.0 Å². The highest BCUT2D eigenvalue weighted by atomic mass is 28.3. The second-order valence-corrected chi connectivity index (χ2v) is 13.1. The van der Waals surface area contributed by atoms with Crippen LogP contribution < -0.4 is 0 Å². The molecule has 1 heterocycles. The first-order valence-corrected chi connectivity index (χ1v) is 12.2. The third-order valence-corrected chi connectivity index (χ3v) is 5.52. The van der Waals surface area contributed by atoms with Crippen LogP contribution in [0.4, 0.5) is 4.79 Å². The van der Waals surface area contributed by atoms with E-state index in [1.165, 1.54) is 4.90 Å². The van der Waals surface area contributed by atoms with Crippen LogP contribution in [0.3, 0.4) is 0 Å². The molecule has 0 saturated carbocycles. The zero-order chi connectivity index (χ0) is 17.7. The molecule has 130 valence electrons. The van der Waals surface area contributed by atoms with Crippen LogP contribution in [0.1, 0.15) is 12.5 Å². The summed E-state index contributed by atoms with van der Waals surface area (Å²) in [6.45, 7) is 8.98. The van der Waals surface area contributed by atoms with Crippen LogP contribution in [0.25, 0.3) is 0 Å². The number of ether oxygens (including phenoxy) is 1. The highest BCUT2D eigenvalue weighted by Crippen LogP contribution is 2.21. The summed E-state index contributed by atoms with van der Waals surface area (Å²) in [5.41, 5.74) is 1.10. The minimum absolute atomic E-state index is 0.176. The van der Waals surface area contributed by atoms with Crippen molar-refractivity contribution in [3.8, 4) is 0 Å². The van der Waals surface area contributed by atoms with Gasteiger partial charge in [0.05, 0.1) is 12.0 Å². The molecule has 1 saturated heterocycles. The van der Waals surface area contributed by atoms with E-state index in [2.05, 4.69) is 25.7 Å². The molecule has 5 heteroatoms. The number of rotatable bonds is 6. The van der Waals surface area contributed by atoms with Gasteiger partial charge >= 0.3 is 6.09 Å². The fourth-order valence-electron chi connectivity index (χ4n) is 2.69. The van der Waals surface area contributed by atoms with Crippen molar-refractivity contribution in [2.75, 3.05) is 6.61 Å². The van der Waals surface area contributed by atoms with E-state index in [1.54, 1.807) is 0 Å². The van der Waals surface area contributed by atoms with Gasteiger partial charge in [0.1, 0.15) is 6.61 Å². The number of allylic oxidation sites excluding steroid dienone is 1. The Balaban J connectivity index is 2.03. The Morgan fingerprint density at radius 2 is 2.00 bits per heavy atom. The lowest BCUT2D eigenvalue weighted by atomic mass is 10.0. The summed E-state index contributed by atoms with van der Waals surface area (Å²) in [4.78, 5) is 26.0. The lowest BCUT2D eigenvalue weighted by Crippen LogP contribution is -2.42. The molecule has 0 spiro atoms. The highest BCUT2D eigenvalue weighted by molar-refractivity contribution is 6.76. The lowest BCUT2D eigenvalue weighted by molar-refractivity contribution is -0.131. The summed E-state index contributed by atoms with van der Waals surface area (Å²) < 4.78 is 5.13. The standard InChI is InChI=1S/C19H27NO3Si/c1-15(9-8-12-24(2,3)4)18(21)20-17(14-23-19(20)22)13-16-10-6-5-7-11-16/h5-11,15,17H,12-14H2,1-4H3/b9-8+/t15?,17-/m1/s1. The minimum Gasteiger partial charge on any atom is -0.447 e. The topological polar surface area (TPSA) is 46.6 Å². The van der Waals surface area contributed by atoms with Crippen molar-refractivity contribution < 1.29 is 14.3 Å². The number of amides is 2. The van der Waals surface area contributed by atoms with Gasteiger partial charge in [-0.2, -0.15) is 0 Å². The molecule has 1 aliphatic rings. The van der Waals surface area contributed by atoms with Gasteiger partial charge in [-0.25, -0.2) is 9.69 Å². The third-order valence-electron chi connectivity index (χ3n) is 4.06. The first-order valence-electron chi connectivity index (χ1n) is 8.48. The maximum atomic E-state index is 12.7. The van der Waals surface area contributed by atoms with Crippen LogP contribution >= 0.6 is 0 Å². The van der Waals surface area contributed by atoms with E-state index < -0.39 is 14.2 Å². The van der Waals surface area contributed by atoms with Crippen LogP contribution in [0.5, 0.6) is 0 Å². The molecule has 1 unspecified atom stereocenters. The van der Waals surface area contributed by atoms with Crippen LogP contribution in [0.15, 0.2) is 42.5 Å². The minimum atomic E-state index is -1.17. The number of nitrogens with zero attached hydrogens (tertiary/aromatic N) is 1. The quantitative estimate of drug-likeness (QED) is 0.576. The Labute approximate surface area is 145 Å². The number of hydrogen-bond acceptors (Lipinski definition) is 3. The fourth-order valence-corrected chi connectivity index (χ4v) is 3.54. The normalized spacial score (nSPS) is 19.6. The summed E-state index contributed by atoms with van der Waals surface area (Å²) in [6.07, 6.45) is 4.11. The molecule has 1 aromatic rings. The molecule has 2 rings (SSSR count). The number of carbonyl (C=O) groups is 2. The van der Waals surface area contributed by atoms with Gasteiger partial charge in [0.2, 0.25) is 5.91 Å². The average molecular weight is 346 g/mol. The predicted octanol–water partition coefficient (Wildman–Crippen LogP) is 4.11. The highest BCUT2D eigenvalue weighted by Gasteiger charge is 2.39. The van der Waals surface area contributed by atoms with Gasteiger partial charge < -0.3 is 4.74 Å². The Kier molecular flexibility index (Phi) is 5.99. The van der Waals surface area contributed by atoms with Crippen LogP contribution in [-0.4, -0.2) is 37.6 Å². The Morgan fingerprint density at radius 3 is 2.62 bits per heavy atom. The summed E-state index contributed by atoms with van der Waals surface area (Å²) >= 11 is 0. The van der Waals surface area contributed by atoms with Crippen molar-refractivity contribution in [2.24, 2.45) is 5.92 Å². The van der Waals surface area contributed by atoms with E-state index in [0.717, 1.165) is 11.6 Å². The second kappa shape index (κ2) is 7.79. The van der Waals surface area contributed by atoms with Crippen LogP contribution in [-0.2, 0) is 16.0 Å². The molecule has 1 aliphatic heterocycles. The Hall–Kier alpha value is -1.88. The molecule has 0 bridgehead atoms. The molecular weight excluding hydrogens is 318 g/mol. The smallest absolute Gasteiger partial charge is 0.417 e. The molecule has 0 N–H and O–H groups in total. The summed E-state index contributed by atoms with van der Waals surface area (Å²) in [5.74, 6) is -0.490. The van der Waals surface area contributed by atoms with Crippen LogP contribution in [0, 0.1) is 5.92 Å². The number of benzene rings is 1. The van der Waals surface area contributed by atoms with Gasteiger partial charge in [0.15, 0.2) is 0 Å². The molecule has 0 aliphatic carbocycles. The SMILES string of the molecule is CC(/C=C/C[Si](C)(C)C)C(=O)N1C(=O)OC[C@H]1Cc1ccccc1. The predicted molar refractivity (Wildman–Crippen MR) is 98.6 cm³/mol. The van der Waals surface area contributed by atoms with E-state index in [9.17, 15) is 9.59 Å². The molecule has 2 atom stereocenters. The molecule has 24 heavy (non-hydrogen) atoms. The molecule has 0 aromatic heterocycles. The second-order valence-electron chi connectivity index (χ2n) is 7.61. The van der Waals surface area contributed by atoms with E-state index in [1.807, 2.05) is 43.3 Å². The first-order chi connectivity index (χ1) is 11.3. The van der Waals surface area contributed by atoms with Crippen molar-refractivity contribution in [2.45, 2.75) is 45.1 Å². The van der Waals surface area contributed by atoms with Gasteiger partial charge in [-0.3, -0.25) is 4.79 Å². The number of imide groups is 1. The zero-order valence-corrected chi connectivity index (χ0v) is 16.0. The largest absolute Gasteiger partial charge is 0.447 e. The fraction of sp³-hybridized carbons (Fsp3) is 0.474. The van der Waals surface area contributed by atoms with Gasteiger partial charge in [-0.1, -0.05) is 69.0 Å². The number of cyclic esters (lactones) is 1. The Bertz CT molecular complexity index is 607. The van der Waals surface area contributed by atoms with Crippen molar-refractivity contribution in [3.63, 3.8) is 0 Å². The maximum Gasteiger partial charge on any atom is 0.417 e. The maximum absolute atomic E-state index is 12.7. The monoisotopic (exact) mass is 345 g/mol. The number of hydrogen-bond donors (Lipinski definition) is 0. The summed E-state index contributed by atoms with van der Waals surface area (Å²) in [5, 5.41) is 0. The Morgan fingerprint density at radius 1 is 1.33 bits per heavy atom. The van der Waals surface area contributed by atoms with Gasteiger partial charge in [-0.15, -0.1) is 0 Å². The lowest BCUT2D eigenvalue weighted by Gasteiger charge is -2.22. The molecule has 2 amide bonds. The van der Waals surface area contributed by atoms with E-state index in [0.29, 0.717) is 6.42 Å². The third kappa shape index (κ3) is 5.06. The number of carbonyl (C=O) groups excluding carboxylic acids is 2. The summed E-state index contributed by atoms with van der Waals surface area (Å²) in [6, 6.07) is 10.7. The first kappa shape index (κ1) is 18.5. The molecule has 4 nitrogen and oxygen atoms in total. The van der Waals surface area contributed by atoms with Crippen molar-refractivity contribution in [1.29, 1.82) is 0 Å². The molecule has 1 fully saturated rings. The summed E-state index contributed by atoms with van der Waals surface area (Å²) in [7, 11) is -1.17. The van der Waals surface area contributed by atoms with E-state index in [4.69, 9.17) is 4.74 Å². The van der Waals surface area contributed by atoms with Gasteiger partial charge in [-0.05, 0) is 18.0 Å². The molecule has 1 aromatic carbocycles. The van der Waals surface area contributed by atoms with Gasteiger partial charge in [0.25, 0.3) is 0 Å². The average Bonchev–Trinajstić information content (AvgIpc) is 2.87. The van der Waals surface area contributed by atoms with Crippen molar-refractivity contribution in [1.82, 2.24) is 4.90 Å². The van der Waals surface area contributed by atoms with Gasteiger partial charge in [0, 0.05) is 8.07 Å². The van der Waals surface area contributed by atoms with Crippen molar-refractivity contribution >= 4 is 20.1 Å². The van der Waals surface area contributed by atoms with E-state index in [-0.39, 0.29) is 24.5 Å².